The number of carbonyl (C=O) groups excluding carboxylic acids is 2. The highest BCUT2D eigenvalue weighted by molar-refractivity contribution is 5.80. The van der Waals surface area contributed by atoms with Gasteiger partial charge in [0.2, 0.25) is 5.91 Å². The number of rotatable bonds is 6. The van der Waals surface area contributed by atoms with E-state index in [-0.39, 0.29) is 24.4 Å². The van der Waals surface area contributed by atoms with Crippen LogP contribution in [0, 0.1) is 11.3 Å². The predicted molar refractivity (Wildman–Crippen MR) is 86.9 cm³/mol. The number of likely N-dealkylation sites (tertiary alicyclic amines) is 2. The van der Waals surface area contributed by atoms with Crippen molar-refractivity contribution in [3.8, 4) is 0 Å². The lowest BCUT2D eigenvalue weighted by molar-refractivity contribution is -0.158. The third-order valence-electron chi connectivity index (χ3n) is 4.95. The van der Waals surface area contributed by atoms with Gasteiger partial charge >= 0.3 is 5.97 Å². The van der Waals surface area contributed by atoms with Gasteiger partial charge in [0.15, 0.2) is 0 Å². The fourth-order valence-corrected chi connectivity index (χ4v) is 3.91. The predicted octanol–water partition coefficient (Wildman–Crippen LogP) is 0.923. The minimum atomic E-state index is -0.499. The van der Waals surface area contributed by atoms with E-state index in [9.17, 15) is 9.59 Å². The van der Waals surface area contributed by atoms with Crippen molar-refractivity contribution in [2.45, 2.75) is 19.8 Å². The summed E-state index contributed by atoms with van der Waals surface area (Å²) in [7, 11) is 1.53. The summed E-state index contributed by atoms with van der Waals surface area (Å²) in [6.45, 7) is 9.62. The molecule has 6 heteroatoms. The first-order valence-electron chi connectivity index (χ1n) is 8.34. The van der Waals surface area contributed by atoms with Crippen LogP contribution in [0.4, 0.5) is 0 Å². The average Bonchev–Trinajstić information content (AvgIpc) is 2.75. The molecule has 2 aliphatic rings. The number of methoxy groups -OCH3 is 1. The molecule has 2 fully saturated rings. The highest BCUT2D eigenvalue weighted by Crippen LogP contribution is 2.43. The van der Waals surface area contributed by atoms with Crippen molar-refractivity contribution < 1.29 is 19.1 Å². The van der Waals surface area contributed by atoms with Gasteiger partial charge < -0.3 is 14.4 Å². The maximum absolute atomic E-state index is 12.7. The zero-order valence-electron chi connectivity index (χ0n) is 14.3. The number of fused-ring (bicyclic) bond motifs is 1. The fraction of sp³-hybridized carbons (Fsp3) is 0.765. The van der Waals surface area contributed by atoms with Crippen LogP contribution in [0.5, 0.6) is 0 Å². The quantitative estimate of drug-likeness (QED) is 0.537. The summed E-state index contributed by atoms with van der Waals surface area (Å²) < 4.78 is 10.4. The van der Waals surface area contributed by atoms with Crippen LogP contribution in [0.3, 0.4) is 0 Å². The number of carbonyl (C=O) groups is 2. The van der Waals surface area contributed by atoms with Crippen LogP contribution in [0.1, 0.15) is 19.8 Å². The van der Waals surface area contributed by atoms with E-state index in [0.29, 0.717) is 26.2 Å². The first kappa shape index (κ1) is 17.9. The molecule has 0 aromatic rings. The van der Waals surface area contributed by atoms with Crippen molar-refractivity contribution in [2.75, 3.05) is 53.0 Å². The lowest BCUT2D eigenvalue weighted by Crippen LogP contribution is -2.44. The number of ether oxygens (including phenoxy) is 2. The zero-order chi connectivity index (χ0) is 16.9. The van der Waals surface area contributed by atoms with Crippen molar-refractivity contribution in [3.05, 3.63) is 12.7 Å². The number of nitrogens with zero attached hydrogens (tertiary/aromatic N) is 2. The summed E-state index contributed by atoms with van der Waals surface area (Å²) in [4.78, 5) is 29.0. The number of amides is 1. The maximum Gasteiger partial charge on any atom is 0.313 e. The number of hydrogen-bond donors (Lipinski definition) is 0. The van der Waals surface area contributed by atoms with Crippen molar-refractivity contribution in [1.29, 1.82) is 0 Å². The van der Waals surface area contributed by atoms with Gasteiger partial charge in [0, 0.05) is 45.8 Å². The summed E-state index contributed by atoms with van der Waals surface area (Å²) in [6, 6.07) is 0. The molecule has 0 bridgehead atoms. The monoisotopic (exact) mass is 324 g/mol. The van der Waals surface area contributed by atoms with Gasteiger partial charge in [-0.2, -0.15) is 0 Å². The van der Waals surface area contributed by atoms with Gasteiger partial charge in [-0.1, -0.05) is 6.08 Å². The Morgan fingerprint density at radius 3 is 2.83 bits per heavy atom. The molecule has 0 radical (unpaired) electrons. The van der Waals surface area contributed by atoms with Crippen molar-refractivity contribution in [2.24, 2.45) is 11.3 Å². The van der Waals surface area contributed by atoms with Crippen LogP contribution in [0.15, 0.2) is 12.7 Å². The first-order chi connectivity index (χ1) is 11.1. The molecule has 0 aromatic heterocycles. The highest BCUT2D eigenvalue weighted by atomic mass is 16.5. The standard InChI is InChI=1S/C17H28N2O4/c1-4-8-18-10-14-11-19(15(20)12-22-3)9-6-7-17(14,13-18)16(21)23-5-2/h4,14H,1,5-13H2,2-3H3/t14-,17+/m0/s1. The van der Waals surface area contributed by atoms with Crippen LogP contribution in [0.2, 0.25) is 0 Å². The molecule has 0 aromatic carbocycles. The largest absolute Gasteiger partial charge is 0.466 e. The van der Waals surface area contributed by atoms with Crippen molar-refractivity contribution >= 4 is 11.9 Å². The molecule has 2 aliphatic heterocycles. The fourth-order valence-electron chi connectivity index (χ4n) is 3.91. The number of hydrogen-bond acceptors (Lipinski definition) is 5. The molecule has 0 spiro atoms. The summed E-state index contributed by atoms with van der Waals surface area (Å²) >= 11 is 0. The van der Waals surface area contributed by atoms with E-state index in [1.807, 2.05) is 17.9 Å². The minimum absolute atomic E-state index is 0.00525. The van der Waals surface area contributed by atoms with Crippen molar-refractivity contribution in [3.63, 3.8) is 0 Å². The third kappa shape index (κ3) is 3.75. The van der Waals surface area contributed by atoms with Crippen molar-refractivity contribution in [1.82, 2.24) is 9.80 Å². The summed E-state index contributed by atoms with van der Waals surface area (Å²) in [6.07, 6.45) is 3.44. The molecule has 2 heterocycles. The van der Waals surface area contributed by atoms with Crippen LogP contribution < -0.4 is 0 Å². The molecule has 0 saturated carbocycles. The van der Waals surface area contributed by atoms with E-state index in [1.54, 1.807) is 0 Å². The van der Waals surface area contributed by atoms with E-state index >= 15 is 0 Å². The SMILES string of the molecule is C=CCN1C[C@H]2CN(C(=O)COC)CCC[C@@]2(C(=O)OCC)C1. The van der Waals surface area contributed by atoms with E-state index in [2.05, 4.69) is 11.5 Å². The van der Waals surface area contributed by atoms with Crippen LogP contribution in [-0.4, -0.2) is 74.7 Å². The molecule has 2 saturated heterocycles. The Bertz CT molecular complexity index is 454. The second-order valence-corrected chi connectivity index (χ2v) is 6.43. The molecule has 130 valence electrons. The van der Waals surface area contributed by atoms with E-state index < -0.39 is 5.41 Å². The minimum Gasteiger partial charge on any atom is -0.466 e. The highest BCUT2D eigenvalue weighted by Gasteiger charge is 2.54. The zero-order valence-corrected chi connectivity index (χ0v) is 14.3. The molecule has 0 unspecified atom stereocenters. The maximum atomic E-state index is 12.7. The van der Waals surface area contributed by atoms with E-state index in [4.69, 9.17) is 9.47 Å². The lowest BCUT2D eigenvalue weighted by atomic mass is 9.75. The Morgan fingerprint density at radius 1 is 1.39 bits per heavy atom. The molecule has 2 rings (SSSR count). The van der Waals surface area contributed by atoms with E-state index in [0.717, 1.165) is 25.9 Å². The Hall–Kier alpha value is -1.40. The second-order valence-electron chi connectivity index (χ2n) is 6.43. The molecule has 0 aliphatic carbocycles. The third-order valence-corrected chi connectivity index (χ3v) is 4.95. The normalized spacial score (nSPS) is 28.1. The lowest BCUT2D eigenvalue weighted by Gasteiger charge is -2.31. The topological polar surface area (TPSA) is 59.1 Å². The Kier molecular flexibility index (Phi) is 6.18. The summed E-state index contributed by atoms with van der Waals surface area (Å²) in [5.74, 6) is -0.0169. The van der Waals surface area contributed by atoms with Gasteiger partial charge in [-0.3, -0.25) is 14.5 Å². The van der Waals surface area contributed by atoms with Crippen LogP contribution in [0.25, 0.3) is 0 Å². The molecule has 0 N–H and O–H groups in total. The number of esters is 1. The molecule has 6 nitrogen and oxygen atoms in total. The Labute approximate surface area is 138 Å². The van der Waals surface area contributed by atoms with Gasteiger partial charge in [-0.05, 0) is 19.8 Å². The smallest absolute Gasteiger partial charge is 0.313 e. The Morgan fingerprint density at radius 2 is 2.17 bits per heavy atom. The molecule has 23 heavy (non-hydrogen) atoms. The molecule has 1 amide bonds. The van der Waals surface area contributed by atoms with Gasteiger partial charge in [0.25, 0.3) is 0 Å². The Balaban J connectivity index is 2.20. The molecule has 2 atom stereocenters. The summed E-state index contributed by atoms with van der Waals surface area (Å²) in [5.41, 5.74) is -0.499. The van der Waals surface area contributed by atoms with E-state index in [1.165, 1.54) is 7.11 Å². The van der Waals surface area contributed by atoms with Gasteiger partial charge in [-0.25, -0.2) is 0 Å². The van der Waals surface area contributed by atoms with Gasteiger partial charge in [0.1, 0.15) is 6.61 Å². The average molecular weight is 324 g/mol. The van der Waals surface area contributed by atoms with Crippen LogP contribution >= 0.6 is 0 Å². The molecular weight excluding hydrogens is 296 g/mol. The van der Waals surface area contributed by atoms with Gasteiger partial charge in [0.05, 0.1) is 12.0 Å². The second kappa shape index (κ2) is 7.93. The van der Waals surface area contributed by atoms with Gasteiger partial charge in [-0.15, -0.1) is 6.58 Å². The van der Waals surface area contributed by atoms with Crippen LogP contribution in [-0.2, 0) is 19.1 Å². The summed E-state index contributed by atoms with van der Waals surface area (Å²) in [5, 5.41) is 0. The first-order valence-corrected chi connectivity index (χ1v) is 8.34. The molecular formula is C17H28N2O4.